The van der Waals surface area contributed by atoms with Gasteiger partial charge in [0.1, 0.15) is 17.5 Å². The molecule has 1 N–H and O–H groups in total. The minimum atomic E-state index is -3.74. The molecule has 0 aromatic heterocycles. The lowest BCUT2D eigenvalue weighted by atomic mass is 10.1. The van der Waals surface area contributed by atoms with Crippen LogP contribution in [0.5, 0.6) is 11.5 Å². The van der Waals surface area contributed by atoms with Crippen molar-refractivity contribution in [1.29, 1.82) is 0 Å². The molecule has 0 saturated carbocycles. The molecule has 164 valence electrons. The zero-order chi connectivity index (χ0) is 22.6. The van der Waals surface area contributed by atoms with Crippen molar-refractivity contribution in [3.8, 4) is 11.5 Å². The monoisotopic (exact) mass is 454 g/mol. The molecule has 9 heteroatoms. The first kappa shape index (κ1) is 23.8. The van der Waals surface area contributed by atoms with Crippen LogP contribution in [-0.2, 0) is 14.8 Å². The molecule has 0 heterocycles. The van der Waals surface area contributed by atoms with E-state index in [9.17, 15) is 13.2 Å². The van der Waals surface area contributed by atoms with E-state index in [4.69, 9.17) is 21.1 Å². The van der Waals surface area contributed by atoms with Crippen molar-refractivity contribution in [3.05, 3.63) is 46.5 Å². The third kappa shape index (κ3) is 5.17. The lowest BCUT2D eigenvalue weighted by molar-refractivity contribution is -0.117. The van der Waals surface area contributed by atoms with Crippen molar-refractivity contribution in [2.75, 3.05) is 30.1 Å². The Labute approximate surface area is 183 Å². The van der Waals surface area contributed by atoms with Crippen molar-refractivity contribution in [2.24, 2.45) is 0 Å². The first-order valence-electron chi connectivity index (χ1n) is 9.32. The van der Waals surface area contributed by atoms with Crippen LogP contribution in [0.1, 0.15) is 24.5 Å². The van der Waals surface area contributed by atoms with Gasteiger partial charge in [0.05, 0.1) is 36.9 Å². The molecule has 0 aliphatic heterocycles. The predicted octanol–water partition coefficient (Wildman–Crippen LogP) is 4.16. The number of hydrogen-bond donors (Lipinski definition) is 1. The summed E-state index contributed by atoms with van der Waals surface area (Å²) in [6, 6.07) is 7.39. The molecule has 0 fully saturated rings. The van der Waals surface area contributed by atoms with Crippen LogP contribution in [0.15, 0.2) is 30.3 Å². The van der Waals surface area contributed by atoms with Crippen LogP contribution in [0, 0.1) is 13.8 Å². The van der Waals surface area contributed by atoms with E-state index in [2.05, 4.69) is 5.32 Å². The Kier molecular flexibility index (Phi) is 7.60. The normalized spacial score (nSPS) is 12.2. The first-order chi connectivity index (χ1) is 14.0. The number of anilines is 2. The summed E-state index contributed by atoms with van der Waals surface area (Å²) in [7, 11) is -0.831. The van der Waals surface area contributed by atoms with Gasteiger partial charge in [-0.3, -0.25) is 9.10 Å². The molecule has 0 saturated heterocycles. The summed E-state index contributed by atoms with van der Waals surface area (Å²) in [5.74, 6) is 0.194. The number of halogens is 1. The molecular formula is C21H27ClN2O5S. The van der Waals surface area contributed by atoms with Crippen LogP contribution in [-0.4, -0.2) is 40.8 Å². The molecule has 0 aliphatic rings. The molecular weight excluding hydrogens is 428 g/mol. The zero-order valence-electron chi connectivity index (χ0n) is 17.9. The summed E-state index contributed by atoms with van der Waals surface area (Å²) in [5.41, 5.74) is 2.72. The van der Waals surface area contributed by atoms with Crippen molar-refractivity contribution >= 4 is 38.9 Å². The molecule has 2 aromatic rings. The average molecular weight is 455 g/mol. The van der Waals surface area contributed by atoms with E-state index in [1.165, 1.54) is 26.4 Å². The number of carbonyl (C=O) groups excluding carboxylic acids is 1. The van der Waals surface area contributed by atoms with Crippen molar-refractivity contribution < 1.29 is 22.7 Å². The summed E-state index contributed by atoms with van der Waals surface area (Å²) in [6.45, 7) is 5.59. The quantitative estimate of drug-likeness (QED) is 0.647. The second-order valence-electron chi connectivity index (χ2n) is 6.93. The molecule has 7 nitrogen and oxygen atoms in total. The number of benzene rings is 2. The molecule has 0 radical (unpaired) electrons. The number of hydrogen-bond acceptors (Lipinski definition) is 5. The van der Waals surface area contributed by atoms with Gasteiger partial charge in [0, 0.05) is 12.1 Å². The number of sulfonamides is 1. The predicted molar refractivity (Wildman–Crippen MR) is 121 cm³/mol. The summed E-state index contributed by atoms with van der Waals surface area (Å²) in [5, 5.41) is 3.08. The number of nitrogens with one attached hydrogen (secondary N) is 1. The molecule has 1 unspecified atom stereocenters. The fourth-order valence-corrected chi connectivity index (χ4v) is 4.53. The number of ether oxygens (including phenoxy) is 2. The Bertz CT molecular complexity index is 1040. The number of methoxy groups -OCH3 is 2. The van der Waals surface area contributed by atoms with Crippen LogP contribution >= 0.6 is 11.6 Å². The smallest absolute Gasteiger partial charge is 0.248 e. The highest BCUT2D eigenvalue weighted by Crippen LogP contribution is 2.36. The second-order valence-corrected chi connectivity index (χ2v) is 9.19. The molecule has 2 rings (SSSR count). The second kappa shape index (κ2) is 9.57. The van der Waals surface area contributed by atoms with E-state index in [0.717, 1.165) is 21.7 Å². The molecule has 1 amide bonds. The van der Waals surface area contributed by atoms with Crippen LogP contribution in [0.2, 0.25) is 5.02 Å². The number of rotatable bonds is 8. The van der Waals surface area contributed by atoms with Gasteiger partial charge in [0.25, 0.3) is 0 Å². The zero-order valence-corrected chi connectivity index (χ0v) is 19.5. The molecule has 0 aliphatic carbocycles. The van der Waals surface area contributed by atoms with E-state index in [1.807, 2.05) is 19.9 Å². The van der Waals surface area contributed by atoms with Crippen molar-refractivity contribution in [3.63, 3.8) is 0 Å². The van der Waals surface area contributed by atoms with Crippen molar-refractivity contribution in [1.82, 2.24) is 0 Å². The van der Waals surface area contributed by atoms with Gasteiger partial charge in [-0.15, -0.1) is 0 Å². The summed E-state index contributed by atoms with van der Waals surface area (Å²) < 4.78 is 36.9. The van der Waals surface area contributed by atoms with E-state index in [1.54, 1.807) is 19.1 Å². The van der Waals surface area contributed by atoms with Crippen LogP contribution in [0.3, 0.4) is 0 Å². The maximum Gasteiger partial charge on any atom is 0.248 e. The van der Waals surface area contributed by atoms with Crippen LogP contribution in [0.4, 0.5) is 11.4 Å². The molecule has 2 aromatic carbocycles. The Hall–Kier alpha value is -2.45. The van der Waals surface area contributed by atoms with Gasteiger partial charge in [-0.25, -0.2) is 8.42 Å². The highest BCUT2D eigenvalue weighted by molar-refractivity contribution is 7.92. The SMILES string of the molecule is CCC(C(=O)Nc1cc(OC)c(Cl)cc1OC)N(c1ccc(C)c(C)c1)S(C)(=O)=O. The van der Waals surface area contributed by atoms with E-state index in [-0.39, 0.29) is 6.42 Å². The van der Waals surface area contributed by atoms with E-state index < -0.39 is 22.0 Å². The fraction of sp³-hybridized carbons (Fsp3) is 0.381. The summed E-state index contributed by atoms with van der Waals surface area (Å²) in [4.78, 5) is 13.2. The number of carbonyl (C=O) groups is 1. The largest absolute Gasteiger partial charge is 0.495 e. The van der Waals surface area contributed by atoms with Gasteiger partial charge in [0.2, 0.25) is 15.9 Å². The molecule has 0 spiro atoms. The number of amides is 1. The topological polar surface area (TPSA) is 84.9 Å². The lowest BCUT2D eigenvalue weighted by Gasteiger charge is -2.30. The molecule has 1 atom stereocenters. The molecule has 30 heavy (non-hydrogen) atoms. The standard InChI is InChI=1S/C21H27ClN2O5S/c1-7-18(24(30(6,26)27)15-9-8-13(2)14(3)10-15)21(25)23-17-12-19(28-4)16(22)11-20(17)29-5/h8-12,18H,7H2,1-6H3,(H,23,25). The van der Waals surface area contributed by atoms with Gasteiger partial charge in [0.15, 0.2) is 0 Å². The number of aryl methyl sites for hydroxylation is 2. The van der Waals surface area contributed by atoms with E-state index in [0.29, 0.717) is 27.9 Å². The number of nitrogens with zero attached hydrogens (tertiary/aromatic N) is 1. The highest BCUT2D eigenvalue weighted by atomic mass is 35.5. The Morgan fingerprint density at radius 1 is 1.10 bits per heavy atom. The molecule has 0 bridgehead atoms. The highest BCUT2D eigenvalue weighted by Gasteiger charge is 2.32. The van der Waals surface area contributed by atoms with Gasteiger partial charge in [-0.2, -0.15) is 0 Å². The fourth-order valence-electron chi connectivity index (χ4n) is 3.10. The maximum absolute atomic E-state index is 13.2. The maximum atomic E-state index is 13.2. The Morgan fingerprint density at radius 3 is 2.23 bits per heavy atom. The van der Waals surface area contributed by atoms with Crippen molar-refractivity contribution in [2.45, 2.75) is 33.2 Å². The van der Waals surface area contributed by atoms with Crippen LogP contribution in [0.25, 0.3) is 0 Å². The third-order valence-electron chi connectivity index (χ3n) is 4.81. The summed E-state index contributed by atoms with van der Waals surface area (Å²) in [6.07, 6.45) is 1.35. The van der Waals surface area contributed by atoms with Gasteiger partial charge < -0.3 is 14.8 Å². The van der Waals surface area contributed by atoms with Crippen LogP contribution < -0.4 is 19.1 Å². The van der Waals surface area contributed by atoms with Gasteiger partial charge in [-0.1, -0.05) is 24.6 Å². The third-order valence-corrected chi connectivity index (χ3v) is 6.28. The minimum absolute atomic E-state index is 0.263. The summed E-state index contributed by atoms with van der Waals surface area (Å²) >= 11 is 6.12. The minimum Gasteiger partial charge on any atom is -0.495 e. The lowest BCUT2D eigenvalue weighted by Crippen LogP contribution is -2.47. The van der Waals surface area contributed by atoms with Gasteiger partial charge in [-0.05, 0) is 43.5 Å². The Morgan fingerprint density at radius 2 is 1.73 bits per heavy atom. The van der Waals surface area contributed by atoms with Gasteiger partial charge >= 0.3 is 0 Å². The Balaban J connectivity index is 2.48. The van der Waals surface area contributed by atoms with E-state index >= 15 is 0 Å². The average Bonchev–Trinajstić information content (AvgIpc) is 2.68. The first-order valence-corrected chi connectivity index (χ1v) is 11.5.